The van der Waals surface area contributed by atoms with Gasteiger partial charge in [0.25, 0.3) is 0 Å². The zero-order valence-corrected chi connectivity index (χ0v) is 22.6. The average molecular weight is 494 g/mol. The highest BCUT2D eigenvalue weighted by atomic mass is 16.5. The minimum Gasteiger partial charge on any atom is -0.493 e. The fourth-order valence-electron chi connectivity index (χ4n) is 4.53. The number of carbonyl (C=O) groups is 1. The van der Waals surface area contributed by atoms with Gasteiger partial charge in [0.15, 0.2) is 0 Å². The number of hydrogen-bond acceptors (Lipinski definition) is 6. The van der Waals surface area contributed by atoms with Crippen molar-refractivity contribution >= 4 is 5.97 Å². The molecule has 0 radical (unpaired) electrons. The lowest BCUT2D eigenvalue weighted by Crippen LogP contribution is -2.53. The summed E-state index contributed by atoms with van der Waals surface area (Å²) in [5.74, 6) is 1.83. The highest BCUT2D eigenvalue weighted by Gasteiger charge is 2.38. The van der Waals surface area contributed by atoms with E-state index in [0.29, 0.717) is 38.8 Å². The number of nitrogens with one attached hydrogen (secondary N) is 1. The first-order valence-electron chi connectivity index (χ1n) is 13.1. The predicted octanol–water partition coefficient (Wildman–Crippen LogP) is 4.98. The Morgan fingerprint density at radius 2 is 1.81 bits per heavy atom. The molecule has 1 aliphatic rings. The van der Waals surface area contributed by atoms with Crippen LogP contribution in [0.1, 0.15) is 43.9 Å². The van der Waals surface area contributed by atoms with E-state index >= 15 is 0 Å². The second-order valence-corrected chi connectivity index (χ2v) is 10.2. The van der Waals surface area contributed by atoms with Crippen molar-refractivity contribution < 1.29 is 14.3 Å². The van der Waals surface area contributed by atoms with Crippen LogP contribution >= 0.6 is 0 Å². The van der Waals surface area contributed by atoms with Gasteiger partial charge in [0.2, 0.25) is 0 Å². The zero-order valence-electron chi connectivity index (χ0n) is 22.6. The van der Waals surface area contributed by atoms with Gasteiger partial charge in [-0.25, -0.2) is 0 Å². The molecule has 0 aromatic heterocycles. The molecule has 196 valence electrons. The van der Waals surface area contributed by atoms with Gasteiger partial charge in [-0.1, -0.05) is 62.4 Å². The summed E-state index contributed by atoms with van der Waals surface area (Å²) in [5, 5.41) is 3.53. The number of rotatable bonds is 12. The van der Waals surface area contributed by atoms with Crippen molar-refractivity contribution in [3.63, 3.8) is 0 Å². The second-order valence-electron chi connectivity index (χ2n) is 10.2. The molecule has 1 aliphatic heterocycles. The summed E-state index contributed by atoms with van der Waals surface area (Å²) in [6.07, 6.45) is 0.869. The molecule has 1 N–H and O–H groups in total. The number of hydrogen-bond donors (Lipinski definition) is 1. The van der Waals surface area contributed by atoms with Crippen molar-refractivity contribution in [1.29, 1.82) is 0 Å². The molecule has 1 fully saturated rings. The van der Waals surface area contributed by atoms with Gasteiger partial charge in [-0.15, -0.1) is 0 Å². The molecule has 1 heterocycles. The first-order chi connectivity index (χ1) is 17.3. The van der Waals surface area contributed by atoms with E-state index < -0.39 is 0 Å². The molecular formula is C30H43N3O3. The van der Waals surface area contributed by atoms with E-state index in [4.69, 9.17) is 9.47 Å². The third-order valence-electron chi connectivity index (χ3n) is 6.59. The number of carbonyl (C=O) groups excluding carboxylic acids is 1. The maximum Gasteiger partial charge on any atom is 0.312 e. The Kier molecular flexibility index (Phi) is 10.2. The monoisotopic (exact) mass is 493 g/mol. The van der Waals surface area contributed by atoms with E-state index in [2.05, 4.69) is 85.9 Å². The lowest BCUT2D eigenvalue weighted by Gasteiger charge is -2.43. The van der Waals surface area contributed by atoms with Crippen LogP contribution < -0.4 is 10.1 Å². The van der Waals surface area contributed by atoms with Crippen molar-refractivity contribution in [3.05, 3.63) is 77.6 Å². The number of likely N-dealkylation sites (tertiary alicyclic amines) is 1. The summed E-state index contributed by atoms with van der Waals surface area (Å²) in [6, 6.07) is 16.8. The van der Waals surface area contributed by atoms with Gasteiger partial charge in [-0.3, -0.25) is 4.79 Å². The molecule has 2 aromatic rings. The largest absolute Gasteiger partial charge is 0.493 e. The lowest BCUT2D eigenvalue weighted by atomic mass is 9.90. The SMILES string of the molecule is C=C(NCc1ccc(OCC(C)C)cc1)N(Cc1ccc(C)cc1)C1CCN(C)CC1C(=O)OCC. The van der Waals surface area contributed by atoms with Crippen molar-refractivity contribution in [2.45, 2.75) is 53.2 Å². The van der Waals surface area contributed by atoms with Gasteiger partial charge < -0.3 is 24.6 Å². The molecule has 0 amide bonds. The van der Waals surface area contributed by atoms with Gasteiger partial charge in [0.1, 0.15) is 5.75 Å². The fraction of sp³-hybridized carbons (Fsp3) is 0.500. The van der Waals surface area contributed by atoms with Gasteiger partial charge in [-0.2, -0.15) is 0 Å². The van der Waals surface area contributed by atoms with E-state index in [1.807, 2.05) is 19.1 Å². The quantitative estimate of drug-likeness (QED) is 0.421. The summed E-state index contributed by atoms with van der Waals surface area (Å²) in [4.78, 5) is 17.4. The van der Waals surface area contributed by atoms with Crippen LogP contribution in [-0.2, 0) is 22.6 Å². The van der Waals surface area contributed by atoms with Crippen LogP contribution in [0.2, 0.25) is 0 Å². The van der Waals surface area contributed by atoms with Crippen molar-refractivity contribution in [3.8, 4) is 5.75 Å². The van der Waals surface area contributed by atoms with E-state index in [1.165, 1.54) is 11.1 Å². The molecule has 3 rings (SSSR count). The Bertz CT molecular complexity index is 972. The normalized spacial score (nSPS) is 18.1. The minimum atomic E-state index is -0.231. The van der Waals surface area contributed by atoms with Crippen LogP contribution in [0.15, 0.2) is 60.9 Å². The van der Waals surface area contributed by atoms with E-state index in [-0.39, 0.29) is 17.9 Å². The maximum absolute atomic E-state index is 12.9. The third kappa shape index (κ3) is 8.02. The van der Waals surface area contributed by atoms with Crippen LogP contribution in [0.25, 0.3) is 0 Å². The zero-order chi connectivity index (χ0) is 26.1. The number of aryl methyl sites for hydroxylation is 1. The summed E-state index contributed by atoms with van der Waals surface area (Å²) in [7, 11) is 2.06. The average Bonchev–Trinajstić information content (AvgIpc) is 2.86. The Hall–Kier alpha value is -2.99. The Morgan fingerprint density at radius 1 is 1.14 bits per heavy atom. The second kappa shape index (κ2) is 13.4. The molecule has 2 atom stereocenters. The van der Waals surface area contributed by atoms with Crippen molar-refractivity contribution in [1.82, 2.24) is 15.1 Å². The van der Waals surface area contributed by atoms with Crippen LogP contribution in [0.5, 0.6) is 5.75 Å². The van der Waals surface area contributed by atoms with Crippen LogP contribution in [0, 0.1) is 18.8 Å². The van der Waals surface area contributed by atoms with Crippen molar-refractivity contribution in [2.75, 3.05) is 33.4 Å². The van der Waals surface area contributed by atoms with Gasteiger partial charge in [-0.05, 0) is 63.0 Å². The number of nitrogens with zero attached hydrogens (tertiary/aromatic N) is 2. The Morgan fingerprint density at radius 3 is 2.44 bits per heavy atom. The number of piperidine rings is 1. The third-order valence-corrected chi connectivity index (χ3v) is 6.59. The Balaban J connectivity index is 1.75. The highest BCUT2D eigenvalue weighted by molar-refractivity contribution is 5.73. The lowest BCUT2D eigenvalue weighted by molar-refractivity contribution is -0.152. The molecule has 36 heavy (non-hydrogen) atoms. The maximum atomic E-state index is 12.9. The summed E-state index contributed by atoms with van der Waals surface area (Å²) in [6.45, 7) is 16.7. The molecule has 0 spiro atoms. The van der Waals surface area contributed by atoms with E-state index in [1.54, 1.807) is 0 Å². The molecule has 0 saturated carbocycles. The van der Waals surface area contributed by atoms with Crippen LogP contribution in [-0.4, -0.2) is 55.2 Å². The molecular weight excluding hydrogens is 450 g/mol. The smallest absolute Gasteiger partial charge is 0.312 e. The molecule has 0 aliphatic carbocycles. The number of ether oxygens (including phenoxy) is 2. The molecule has 6 nitrogen and oxygen atoms in total. The Labute approximate surface area is 217 Å². The standard InChI is InChI=1S/C30H43N3O3/c1-7-35-30(34)28-20-32(6)17-16-29(28)33(19-26-10-8-23(4)9-11-26)24(5)31-18-25-12-14-27(15-13-25)36-21-22(2)3/h8-15,22,28-29,31H,5,7,16-21H2,1-4,6H3. The molecule has 6 heteroatoms. The van der Waals surface area contributed by atoms with E-state index in [9.17, 15) is 4.79 Å². The molecule has 2 aromatic carbocycles. The van der Waals surface area contributed by atoms with E-state index in [0.717, 1.165) is 30.1 Å². The van der Waals surface area contributed by atoms with Crippen LogP contribution in [0.3, 0.4) is 0 Å². The molecule has 1 saturated heterocycles. The van der Waals surface area contributed by atoms with Crippen molar-refractivity contribution in [2.24, 2.45) is 11.8 Å². The van der Waals surface area contributed by atoms with Crippen LogP contribution in [0.4, 0.5) is 0 Å². The van der Waals surface area contributed by atoms with Gasteiger partial charge in [0.05, 0.1) is 25.0 Å². The summed E-state index contributed by atoms with van der Waals surface area (Å²) >= 11 is 0. The predicted molar refractivity (Wildman–Crippen MR) is 146 cm³/mol. The minimum absolute atomic E-state index is 0.00774. The number of benzene rings is 2. The summed E-state index contributed by atoms with van der Waals surface area (Å²) < 4.78 is 11.3. The first kappa shape index (κ1) is 27.6. The first-order valence-corrected chi connectivity index (χ1v) is 13.1. The number of esters is 1. The van der Waals surface area contributed by atoms with Gasteiger partial charge in [0, 0.05) is 25.7 Å². The molecule has 2 unspecified atom stereocenters. The highest BCUT2D eigenvalue weighted by Crippen LogP contribution is 2.27. The fourth-order valence-corrected chi connectivity index (χ4v) is 4.53. The molecule has 0 bridgehead atoms. The van der Waals surface area contributed by atoms with Gasteiger partial charge >= 0.3 is 5.97 Å². The summed E-state index contributed by atoms with van der Waals surface area (Å²) in [5.41, 5.74) is 3.57. The topological polar surface area (TPSA) is 54.0 Å².